The average Bonchev–Trinajstić information content (AvgIpc) is 3.07. The van der Waals surface area contributed by atoms with E-state index in [1.54, 1.807) is 6.07 Å². The minimum absolute atomic E-state index is 0.216. The molecule has 1 aromatic heterocycles. The van der Waals surface area contributed by atoms with Gasteiger partial charge < -0.3 is 9.26 Å². The third-order valence-electron chi connectivity index (χ3n) is 3.30. The van der Waals surface area contributed by atoms with Crippen LogP contribution in [-0.2, 0) is 17.6 Å². The Morgan fingerprint density at radius 2 is 2.26 bits per heavy atom. The van der Waals surface area contributed by atoms with E-state index in [0.717, 1.165) is 24.4 Å². The van der Waals surface area contributed by atoms with Crippen LogP contribution >= 0.6 is 0 Å². The van der Waals surface area contributed by atoms with Crippen LogP contribution in [-0.4, -0.2) is 23.4 Å². The lowest BCUT2D eigenvalue weighted by Gasteiger charge is -1.99. The summed E-state index contributed by atoms with van der Waals surface area (Å²) in [4.78, 5) is 4.38. The molecule has 1 saturated heterocycles. The second kappa shape index (κ2) is 5.48. The third kappa shape index (κ3) is 2.98. The van der Waals surface area contributed by atoms with E-state index in [1.807, 2.05) is 6.07 Å². The van der Waals surface area contributed by atoms with Crippen LogP contribution in [0.4, 0.5) is 4.39 Å². The van der Waals surface area contributed by atoms with Crippen molar-refractivity contribution < 1.29 is 13.7 Å². The highest BCUT2D eigenvalue weighted by molar-refractivity contribution is 5.17. The van der Waals surface area contributed by atoms with E-state index in [-0.39, 0.29) is 11.7 Å². The summed E-state index contributed by atoms with van der Waals surface area (Å²) in [5, 5.41) is 3.99. The molecule has 3 rings (SSSR count). The number of hydrogen-bond donors (Lipinski definition) is 0. The molecule has 1 atom stereocenters. The summed E-state index contributed by atoms with van der Waals surface area (Å²) >= 11 is 0. The first-order chi connectivity index (χ1) is 9.31. The number of hydrogen-bond acceptors (Lipinski definition) is 4. The van der Waals surface area contributed by atoms with Gasteiger partial charge in [0.25, 0.3) is 0 Å². The molecule has 0 spiro atoms. The molecule has 0 saturated carbocycles. The summed E-state index contributed by atoms with van der Waals surface area (Å²) in [6.07, 6.45) is 2.27. The van der Waals surface area contributed by atoms with E-state index in [0.29, 0.717) is 25.3 Å². The molecule has 1 fully saturated rings. The van der Waals surface area contributed by atoms with Crippen molar-refractivity contribution in [1.82, 2.24) is 10.1 Å². The number of aryl methyl sites for hydroxylation is 2. The molecular weight excluding hydrogens is 247 g/mol. The van der Waals surface area contributed by atoms with Gasteiger partial charge in [0.05, 0.1) is 6.61 Å². The van der Waals surface area contributed by atoms with Crippen molar-refractivity contribution in [3.05, 3.63) is 47.4 Å². The standard InChI is InChI=1S/C14H15FN2O2/c15-12-3-1-2-10(8-12)4-5-13-16-14(17-19-13)11-6-7-18-9-11/h1-3,8,11H,4-7,9H2/t11-/m0/s1. The topological polar surface area (TPSA) is 48.2 Å². The fourth-order valence-electron chi connectivity index (χ4n) is 2.22. The van der Waals surface area contributed by atoms with Crippen LogP contribution in [0.3, 0.4) is 0 Å². The second-order valence-corrected chi connectivity index (χ2v) is 4.74. The van der Waals surface area contributed by atoms with Crippen molar-refractivity contribution in [3.63, 3.8) is 0 Å². The SMILES string of the molecule is Fc1cccc(CCc2nc([C@H]3CCOC3)no2)c1. The molecule has 5 heteroatoms. The normalized spacial score (nSPS) is 18.9. The molecule has 1 aromatic carbocycles. The Labute approximate surface area is 110 Å². The van der Waals surface area contributed by atoms with Crippen LogP contribution in [0.1, 0.15) is 29.6 Å². The Morgan fingerprint density at radius 1 is 1.32 bits per heavy atom. The monoisotopic (exact) mass is 262 g/mol. The number of ether oxygens (including phenoxy) is 1. The Balaban J connectivity index is 1.61. The first-order valence-corrected chi connectivity index (χ1v) is 6.46. The van der Waals surface area contributed by atoms with Gasteiger partial charge in [0.1, 0.15) is 5.82 Å². The molecule has 0 aliphatic carbocycles. The summed E-state index contributed by atoms with van der Waals surface area (Å²) in [6.45, 7) is 1.43. The molecule has 1 aliphatic heterocycles. The van der Waals surface area contributed by atoms with Gasteiger partial charge >= 0.3 is 0 Å². The number of benzene rings is 1. The van der Waals surface area contributed by atoms with E-state index in [2.05, 4.69) is 10.1 Å². The predicted octanol–water partition coefficient (Wildman–Crippen LogP) is 2.50. The van der Waals surface area contributed by atoms with E-state index in [1.165, 1.54) is 12.1 Å². The molecule has 19 heavy (non-hydrogen) atoms. The average molecular weight is 262 g/mol. The Kier molecular flexibility index (Phi) is 3.55. The van der Waals surface area contributed by atoms with Crippen molar-refractivity contribution >= 4 is 0 Å². The highest BCUT2D eigenvalue weighted by Gasteiger charge is 2.22. The minimum Gasteiger partial charge on any atom is -0.381 e. The van der Waals surface area contributed by atoms with Crippen LogP contribution in [0.25, 0.3) is 0 Å². The van der Waals surface area contributed by atoms with Crippen molar-refractivity contribution in [2.45, 2.75) is 25.2 Å². The quantitative estimate of drug-likeness (QED) is 0.849. The van der Waals surface area contributed by atoms with E-state index in [4.69, 9.17) is 9.26 Å². The maximum Gasteiger partial charge on any atom is 0.226 e. The first kappa shape index (κ1) is 12.3. The lowest BCUT2D eigenvalue weighted by Crippen LogP contribution is -2.00. The van der Waals surface area contributed by atoms with Gasteiger partial charge in [-0.2, -0.15) is 4.98 Å². The third-order valence-corrected chi connectivity index (χ3v) is 3.30. The smallest absolute Gasteiger partial charge is 0.226 e. The number of rotatable bonds is 4. The lowest BCUT2D eigenvalue weighted by molar-refractivity contribution is 0.192. The number of aromatic nitrogens is 2. The Morgan fingerprint density at radius 3 is 3.05 bits per heavy atom. The zero-order valence-corrected chi connectivity index (χ0v) is 10.5. The van der Waals surface area contributed by atoms with Crippen LogP contribution < -0.4 is 0 Å². The predicted molar refractivity (Wildman–Crippen MR) is 66.3 cm³/mol. The fourth-order valence-corrected chi connectivity index (χ4v) is 2.22. The summed E-state index contributed by atoms with van der Waals surface area (Å²) in [7, 11) is 0. The van der Waals surface area contributed by atoms with Crippen molar-refractivity contribution in [2.24, 2.45) is 0 Å². The maximum absolute atomic E-state index is 13.0. The van der Waals surface area contributed by atoms with Crippen LogP contribution in [0.5, 0.6) is 0 Å². The molecule has 1 aliphatic rings. The van der Waals surface area contributed by atoms with Gasteiger partial charge in [0, 0.05) is 18.9 Å². The number of halogens is 1. The largest absolute Gasteiger partial charge is 0.381 e. The lowest BCUT2D eigenvalue weighted by atomic mass is 10.1. The molecule has 0 N–H and O–H groups in total. The number of nitrogens with zero attached hydrogens (tertiary/aromatic N) is 2. The molecule has 4 nitrogen and oxygen atoms in total. The zero-order valence-electron chi connectivity index (χ0n) is 10.5. The van der Waals surface area contributed by atoms with Crippen molar-refractivity contribution in [2.75, 3.05) is 13.2 Å². The van der Waals surface area contributed by atoms with Gasteiger partial charge in [-0.25, -0.2) is 4.39 Å². The second-order valence-electron chi connectivity index (χ2n) is 4.74. The highest BCUT2D eigenvalue weighted by atomic mass is 19.1. The maximum atomic E-state index is 13.0. The van der Waals surface area contributed by atoms with Gasteiger partial charge in [-0.3, -0.25) is 0 Å². The van der Waals surface area contributed by atoms with Crippen LogP contribution in [0.15, 0.2) is 28.8 Å². The molecule has 0 unspecified atom stereocenters. The molecule has 2 aromatic rings. The molecular formula is C14H15FN2O2. The molecule has 100 valence electrons. The summed E-state index contributed by atoms with van der Waals surface area (Å²) in [5.41, 5.74) is 0.934. The molecule has 0 bridgehead atoms. The molecule has 0 amide bonds. The van der Waals surface area contributed by atoms with Gasteiger partial charge in [0.2, 0.25) is 5.89 Å². The summed E-state index contributed by atoms with van der Waals surface area (Å²) in [6, 6.07) is 6.57. The minimum atomic E-state index is -0.216. The highest BCUT2D eigenvalue weighted by Crippen LogP contribution is 2.22. The Hall–Kier alpha value is -1.75. The van der Waals surface area contributed by atoms with Gasteiger partial charge in [-0.15, -0.1) is 0 Å². The van der Waals surface area contributed by atoms with Crippen molar-refractivity contribution in [1.29, 1.82) is 0 Å². The van der Waals surface area contributed by atoms with E-state index < -0.39 is 0 Å². The Bertz CT molecular complexity index is 550. The van der Waals surface area contributed by atoms with E-state index >= 15 is 0 Å². The summed E-state index contributed by atoms with van der Waals surface area (Å²) < 4.78 is 23.6. The van der Waals surface area contributed by atoms with Gasteiger partial charge in [0.15, 0.2) is 5.82 Å². The van der Waals surface area contributed by atoms with Crippen LogP contribution in [0, 0.1) is 5.82 Å². The zero-order chi connectivity index (χ0) is 13.1. The summed E-state index contributed by atoms with van der Waals surface area (Å²) in [5.74, 6) is 1.37. The van der Waals surface area contributed by atoms with Crippen molar-refractivity contribution in [3.8, 4) is 0 Å². The van der Waals surface area contributed by atoms with Gasteiger partial charge in [-0.05, 0) is 30.5 Å². The molecule has 0 radical (unpaired) electrons. The van der Waals surface area contributed by atoms with E-state index in [9.17, 15) is 4.39 Å². The van der Waals surface area contributed by atoms with Gasteiger partial charge in [-0.1, -0.05) is 17.3 Å². The molecule has 2 heterocycles. The first-order valence-electron chi connectivity index (χ1n) is 6.46. The van der Waals surface area contributed by atoms with Crippen LogP contribution in [0.2, 0.25) is 0 Å². The fraction of sp³-hybridized carbons (Fsp3) is 0.429.